The number of carbonyl (C=O) groups excluding carboxylic acids is 3. The minimum Gasteiger partial charge on any atom is -0.480 e. The van der Waals surface area contributed by atoms with Crippen molar-refractivity contribution in [3.05, 3.63) is 59.2 Å². The molecule has 3 rings (SSSR count). The monoisotopic (exact) mass is 537 g/mol. The summed E-state index contributed by atoms with van der Waals surface area (Å²) < 4.78 is 5.51. The van der Waals surface area contributed by atoms with Crippen molar-refractivity contribution in [2.45, 2.75) is 78.6 Å². The molecule has 0 saturated carbocycles. The topological polar surface area (TPSA) is 134 Å². The van der Waals surface area contributed by atoms with Crippen molar-refractivity contribution in [2.75, 3.05) is 0 Å². The summed E-state index contributed by atoms with van der Waals surface area (Å²) in [6.45, 7) is 9.08. The molecular weight excluding hydrogens is 498 g/mol. The number of hydrogen-bond acceptors (Lipinski definition) is 5. The zero-order valence-electron chi connectivity index (χ0n) is 23.2. The Morgan fingerprint density at radius 2 is 1.44 bits per heavy atom. The van der Waals surface area contributed by atoms with Gasteiger partial charge in [0.15, 0.2) is 0 Å². The highest BCUT2D eigenvalue weighted by atomic mass is 16.5. The second-order valence-corrected chi connectivity index (χ2v) is 10.9. The van der Waals surface area contributed by atoms with Crippen LogP contribution in [0.4, 0.5) is 4.79 Å². The number of ether oxygens (including phenoxy) is 1. The lowest BCUT2D eigenvalue weighted by molar-refractivity contribution is -0.142. The number of rotatable bonds is 12. The first-order valence-electron chi connectivity index (χ1n) is 13.4. The van der Waals surface area contributed by atoms with E-state index in [1.807, 2.05) is 52.0 Å². The zero-order chi connectivity index (χ0) is 28.7. The molecule has 9 heteroatoms. The van der Waals surface area contributed by atoms with Crippen LogP contribution in [-0.4, -0.2) is 47.1 Å². The average molecular weight is 538 g/mol. The number of amides is 3. The fraction of sp³-hybridized carbons (Fsp3) is 0.467. The van der Waals surface area contributed by atoms with Crippen LogP contribution in [0.25, 0.3) is 11.1 Å². The van der Waals surface area contributed by atoms with Crippen molar-refractivity contribution in [2.24, 2.45) is 11.8 Å². The van der Waals surface area contributed by atoms with E-state index in [4.69, 9.17) is 4.74 Å². The summed E-state index contributed by atoms with van der Waals surface area (Å²) in [7, 11) is 0. The van der Waals surface area contributed by atoms with E-state index in [9.17, 15) is 24.3 Å². The fourth-order valence-corrected chi connectivity index (χ4v) is 4.76. The zero-order valence-corrected chi connectivity index (χ0v) is 23.2. The Morgan fingerprint density at radius 1 is 0.795 bits per heavy atom. The van der Waals surface area contributed by atoms with Crippen molar-refractivity contribution < 1.29 is 29.0 Å². The van der Waals surface area contributed by atoms with E-state index in [1.54, 1.807) is 0 Å². The molecule has 0 aliphatic heterocycles. The van der Waals surface area contributed by atoms with Crippen LogP contribution in [0.15, 0.2) is 42.5 Å². The lowest BCUT2D eigenvalue weighted by Gasteiger charge is -2.23. The van der Waals surface area contributed by atoms with E-state index in [2.05, 4.69) is 34.1 Å². The summed E-state index contributed by atoms with van der Waals surface area (Å²) >= 11 is 0. The minimum atomic E-state index is -1.13. The molecule has 0 spiro atoms. The van der Waals surface area contributed by atoms with Gasteiger partial charge in [-0.2, -0.15) is 0 Å². The van der Waals surface area contributed by atoms with Crippen molar-refractivity contribution in [1.29, 1.82) is 0 Å². The summed E-state index contributed by atoms with van der Waals surface area (Å²) in [4.78, 5) is 49.8. The Kier molecular flexibility index (Phi) is 10.1. The second-order valence-electron chi connectivity index (χ2n) is 10.9. The van der Waals surface area contributed by atoms with Gasteiger partial charge in [-0.05, 0) is 65.8 Å². The van der Waals surface area contributed by atoms with Crippen molar-refractivity contribution in [1.82, 2.24) is 16.0 Å². The number of nitrogens with one attached hydrogen (secondary N) is 3. The number of carbonyl (C=O) groups is 4. The lowest BCUT2D eigenvalue weighted by atomic mass is 10.0. The molecular formula is C30H39N3O6. The highest BCUT2D eigenvalue weighted by molar-refractivity contribution is 5.92. The highest BCUT2D eigenvalue weighted by Gasteiger charge is 2.28. The summed E-state index contributed by atoms with van der Waals surface area (Å²) in [5, 5.41) is 17.1. The molecule has 2 aromatic rings. The molecule has 0 bridgehead atoms. The molecule has 0 fully saturated rings. The number of carboxylic acids is 1. The Morgan fingerprint density at radius 3 is 2.10 bits per heavy atom. The molecule has 0 unspecified atom stereocenters. The Bertz CT molecular complexity index is 1210. The largest absolute Gasteiger partial charge is 0.480 e. The fourth-order valence-electron chi connectivity index (χ4n) is 4.76. The number of fused-ring (bicyclic) bond motifs is 3. The van der Waals surface area contributed by atoms with Crippen LogP contribution in [-0.2, 0) is 32.1 Å². The maximum absolute atomic E-state index is 13.0. The third-order valence-corrected chi connectivity index (χ3v) is 6.70. The van der Waals surface area contributed by atoms with Crippen LogP contribution in [0.2, 0.25) is 0 Å². The summed E-state index contributed by atoms with van der Waals surface area (Å²) in [5.74, 6) is -2.15. The SMILES string of the molecule is CC(C)C[C@H](NC(=O)[C@H](C)NC(=O)[C@H](CC(C)C)NC(=O)OCc1cccc2c1Cc1ccccc1-2)C(=O)O. The molecule has 9 nitrogen and oxygen atoms in total. The lowest BCUT2D eigenvalue weighted by Crippen LogP contribution is -2.55. The molecule has 0 radical (unpaired) electrons. The molecule has 0 heterocycles. The molecule has 4 N–H and O–H groups in total. The van der Waals surface area contributed by atoms with Gasteiger partial charge in [-0.3, -0.25) is 9.59 Å². The summed E-state index contributed by atoms with van der Waals surface area (Å²) in [5.41, 5.74) is 5.58. The number of aliphatic carboxylic acids is 1. The van der Waals surface area contributed by atoms with Crippen molar-refractivity contribution in [3.63, 3.8) is 0 Å². The second kappa shape index (κ2) is 13.3. The molecule has 1 aliphatic rings. The maximum atomic E-state index is 13.0. The van der Waals surface area contributed by atoms with Gasteiger partial charge in [-0.15, -0.1) is 0 Å². The number of benzene rings is 2. The van der Waals surface area contributed by atoms with Gasteiger partial charge < -0.3 is 25.8 Å². The van der Waals surface area contributed by atoms with Crippen LogP contribution < -0.4 is 16.0 Å². The van der Waals surface area contributed by atoms with Crippen LogP contribution in [0.1, 0.15) is 64.2 Å². The molecule has 3 atom stereocenters. The standard InChI is InChI=1S/C30H39N3O6/c1-17(2)13-25(28(35)31-19(5)27(34)32-26(29(36)37)14-18(3)4)33-30(38)39-16-21-10-8-12-23-22-11-7-6-9-20(22)15-24(21)23/h6-12,17-19,25-26H,13-16H2,1-5H3,(H,31,35)(H,32,34)(H,33,38)(H,36,37)/t19-,25-,26-/m0/s1. The first kappa shape index (κ1) is 29.7. The summed E-state index contributed by atoms with van der Waals surface area (Å²) in [6, 6.07) is 11.2. The number of carboxylic acid groups (broad SMARTS) is 1. The Labute approximate surface area is 229 Å². The van der Waals surface area contributed by atoms with Gasteiger partial charge in [0.2, 0.25) is 11.8 Å². The molecule has 0 saturated heterocycles. The molecule has 3 amide bonds. The predicted octanol–water partition coefficient (Wildman–Crippen LogP) is 4.02. The highest BCUT2D eigenvalue weighted by Crippen LogP contribution is 2.38. The molecule has 2 aromatic carbocycles. The Balaban J connectivity index is 1.59. The normalized spacial score (nSPS) is 14.1. The Hall–Kier alpha value is -3.88. The van der Waals surface area contributed by atoms with E-state index in [-0.39, 0.29) is 24.9 Å². The third-order valence-electron chi connectivity index (χ3n) is 6.70. The van der Waals surface area contributed by atoms with E-state index in [0.29, 0.717) is 6.42 Å². The van der Waals surface area contributed by atoms with Crippen molar-refractivity contribution in [3.8, 4) is 11.1 Å². The van der Waals surface area contributed by atoms with Gasteiger partial charge in [-0.25, -0.2) is 9.59 Å². The predicted molar refractivity (Wildman–Crippen MR) is 148 cm³/mol. The first-order valence-corrected chi connectivity index (χ1v) is 13.4. The van der Waals surface area contributed by atoms with Gasteiger partial charge in [0, 0.05) is 0 Å². The van der Waals surface area contributed by atoms with Crippen LogP contribution in [0.5, 0.6) is 0 Å². The van der Waals surface area contributed by atoms with Gasteiger partial charge in [0.1, 0.15) is 24.7 Å². The average Bonchev–Trinajstić information content (AvgIpc) is 3.25. The smallest absolute Gasteiger partial charge is 0.408 e. The molecule has 210 valence electrons. The summed E-state index contributed by atoms with van der Waals surface area (Å²) in [6.07, 6.45) is 0.632. The van der Waals surface area contributed by atoms with Crippen LogP contribution >= 0.6 is 0 Å². The van der Waals surface area contributed by atoms with E-state index >= 15 is 0 Å². The number of hydrogen-bond donors (Lipinski definition) is 4. The van der Waals surface area contributed by atoms with E-state index < -0.39 is 42.0 Å². The number of alkyl carbamates (subject to hydrolysis) is 1. The van der Waals surface area contributed by atoms with Gasteiger partial charge in [0.05, 0.1) is 0 Å². The minimum absolute atomic E-state index is 0.0598. The molecule has 0 aromatic heterocycles. The van der Waals surface area contributed by atoms with E-state index in [0.717, 1.165) is 23.1 Å². The molecule has 1 aliphatic carbocycles. The maximum Gasteiger partial charge on any atom is 0.408 e. The quantitative estimate of drug-likeness (QED) is 0.276. The van der Waals surface area contributed by atoms with Gasteiger partial charge in [-0.1, -0.05) is 70.2 Å². The van der Waals surface area contributed by atoms with Crippen molar-refractivity contribution >= 4 is 23.9 Å². The van der Waals surface area contributed by atoms with E-state index in [1.165, 1.54) is 18.1 Å². The molecule has 39 heavy (non-hydrogen) atoms. The van der Waals surface area contributed by atoms with Crippen LogP contribution in [0, 0.1) is 11.8 Å². The van der Waals surface area contributed by atoms with Gasteiger partial charge >= 0.3 is 12.1 Å². The van der Waals surface area contributed by atoms with Crippen LogP contribution in [0.3, 0.4) is 0 Å². The third kappa shape index (κ3) is 8.05. The van der Waals surface area contributed by atoms with Gasteiger partial charge in [0.25, 0.3) is 0 Å². The first-order chi connectivity index (χ1) is 18.5.